The number of fused-ring (bicyclic) bond motifs is 1. The lowest BCUT2D eigenvalue weighted by molar-refractivity contribution is 0.0689. The molecule has 0 unspecified atom stereocenters. The Hall–Kier alpha value is -4.21. The molecule has 136 valence electrons. The fraction of sp³-hybridized carbons (Fsp3) is 0. The quantitative estimate of drug-likeness (QED) is 0.329. The van der Waals surface area contributed by atoms with E-state index in [9.17, 15) is 14.4 Å². The van der Waals surface area contributed by atoms with Crippen LogP contribution in [0.3, 0.4) is 0 Å². The monoisotopic (exact) mass is 366 g/mol. The molecule has 0 radical (unpaired) electrons. The van der Waals surface area contributed by atoms with Crippen LogP contribution in [0, 0.1) is 0 Å². The number of nitrogens with one attached hydrogen (secondary N) is 3. The molecule has 0 aliphatic carbocycles. The van der Waals surface area contributed by atoms with Crippen LogP contribution < -0.4 is 17.0 Å². The van der Waals surface area contributed by atoms with E-state index in [1.54, 1.807) is 12.4 Å². The number of nitrogens with two attached hydrogens (primary N) is 1. The summed E-state index contributed by atoms with van der Waals surface area (Å²) in [4.78, 5) is 46.6. The highest BCUT2D eigenvalue weighted by atomic mass is 16.4. The zero-order valence-corrected chi connectivity index (χ0v) is 13.8. The maximum Gasteiger partial charge on any atom is 0.352 e. The number of H-pyrrole nitrogens is 3. The minimum Gasteiger partial charge on any atom is -0.477 e. The van der Waals surface area contributed by atoms with Crippen molar-refractivity contribution in [2.75, 3.05) is 5.73 Å². The number of hydrogen-bond acceptors (Lipinski definition) is 6. The van der Waals surface area contributed by atoms with Crippen molar-refractivity contribution in [3.05, 3.63) is 75.3 Å². The second-order valence-corrected chi connectivity index (χ2v) is 5.40. The summed E-state index contributed by atoms with van der Waals surface area (Å²) in [6.45, 7) is 0. The van der Waals surface area contributed by atoms with E-state index in [4.69, 9.17) is 10.8 Å². The van der Waals surface area contributed by atoms with Crippen LogP contribution in [-0.2, 0) is 0 Å². The van der Waals surface area contributed by atoms with E-state index in [1.807, 2.05) is 40.3 Å². The summed E-state index contributed by atoms with van der Waals surface area (Å²) in [7, 11) is 0. The molecule has 3 aromatic heterocycles. The summed E-state index contributed by atoms with van der Waals surface area (Å²) in [5.41, 5.74) is 7.36. The number of aromatic amines is 3. The van der Waals surface area contributed by atoms with Gasteiger partial charge >= 0.3 is 11.7 Å². The van der Waals surface area contributed by atoms with E-state index >= 15 is 0 Å². The van der Waals surface area contributed by atoms with Gasteiger partial charge in [0.1, 0.15) is 11.5 Å². The van der Waals surface area contributed by atoms with Crippen LogP contribution in [0.15, 0.2) is 58.4 Å². The van der Waals surface area contributed by atoms with Gasteiger partial charge in [0.2, 0.25) is 0 Å². The summed E-state index contributed by atoms with van der Waals surface area (Å²) >= 11 is 0. The smallest absolute Gasteiger partial charge is 0.352 e. The molecule has 4 aromatic rings. The Morgan fingerprint density at radius 2 is 1.74 bits per heavy atom. The molecule has 10 heteroatoms. The van der Waals surface area contributed by atoms with Crippen molar-refractivity contribution in [3.63, 3.8) is 0 Å². The number of carboxylic acid groups (broad SMARTS) is 1. The molecule has 0 atom stereocenters. The van der Waals surface area contributed by atoms with Gasteiger partial charge in [-0.05, 0) is 30.3 Å². The highest BCUT2D eigenvalue weighted by molar-refractivity contribution is 5.85. The molecular formula is C17H14N6O4. The minimum atomic E-state index is -1.34. The van der Waals surface area contributed by atoms with Crippen LogP contribution in [0.2, 0.25) is 0 Å². The predicted octanol–water partition coefficient (Wildman–Crippen LogP) is 0.968. The number of pyridine rings is 1. The molecule has 6 N–H and O–H groups in total. The second-order valence-electron chi connectivity index (χ2n) is 5.40. The van der Waals surface area contributed by atoms with Gasteiger partial charge in [-0.2, -0.15) is 0 Å². The summed E-state index contributed by atoms with van der Waals surface area (Å²) < 4.78 is 0. The van der Waals surface area contributed by atoms with Crippen LogP contribution in [0.4, 0.5) is 5.69 Å². The first kappa shape index (κ1) is 17.6. The van der Waals surface area contributed by atoms with Crippen molar-refractivity contribution in [1.29, 1.82) is 0 Å². The largest absolute Gasteiger partial charge is 0.477 e. The third kappa shape index (κ3) is 4.25. The number of imidazole rings is 1. The van der Waals surface area contributed by atoms with Crippen molar-refractivity contribution in [3.8, 4) is 11.4 Å². The molecular weight excluding hydrogens is 352 g/mol. The molecule has 3 heterocycles. The molecule has 0 spiro atoms. The number of aromatic nitrogens is 5. The number of aromatic carboxylic acids is 1. The first-order valence-corrected chi connectivity index (χ1v) is 7.65. The van der Waals surface area contributed by atoms with Gasteiger partial charge in [-0.25, -0.2) is 14.6 Å². The molecule has 1 aromatic carbocycles. The van der Waals surface area contributed by atoms with Crippen molar-refractivity contribution >= 4 is 22.7 Å². The number of benzene rings is 1. The highest BCUT2D eigenvalue weighted by Gasteiger charge is 2.05. The van der Waals surface area contributed by atoms with E-state index in [0.29, 0.717) is 0 Å². The Balaban J connectivity index is 0.000000168. The van der Waals surface area contributed by atoms with Crippen molar-refractivity contribution in [2.45, 2.75) is 0 Å². The summed E-state index contributed by atoms with van der Waals surface area (Å²) in [5.74, 6) is -0.504. The zero-order chi connectivity index (χ0) is 19.4. The lowest BCUT2D eigenvalue weighted by Crippen LogP contribution is -2.24. The van der Waals surface area contributed by atoms with E-state index in [2.05, 4.69) is 15.0 Å². The van der Waals surface area contributed by atoms with Crippen molar-refractivity contribution in [2.24, 2.45) is 0 Å². The van der Waals surface area contributed by atoms with Crippen molar-refractivity contribution < 1.29 is 9.90 Å². The average Bonchev–Trinajstić information content (AvgIpc) is 3.05. The number of rotatable bonds is 2. The standard InChI is InChI=1S/C12H10N4.C5H4N2O4/c13-9-1-2-10-11(7-9)16-12(15-10)8-3-5-14-6-4-8;8-3-1-2(4(9)10)6-5(11)7-3/h1-7H,13H2,(H,15,16);1H,(H,9,10)(H2,6,7,8,11). The number of carboxylic acids is 1. The van der Waals surface area contributed by atoms with E-state index < -0.39 is 22.9 Å². The van der Waals surface area contributed by atoms with Gasteiger partial charge in [-0.15, -0.1) is 0 Å². The number of anilines is 1. The minimum absolute atomic E-state index is 0.418. The second kappa shape index (κ2) is 7.35. The Bertz CT molecular complexity index is 1180. The average molecular weight is 366 g/mol. The first-order valence-electron chi connectivity index (χ1n) is 7.65. The van der Waals surface area contributed by atoms with Gasteiger partial charge in [0.25, 0.3) is 5.56 Å². The zero-order valence-electron chi connectivity index (χ0n) is 13.8. The van der Waals surface area contributed by atoms with E-state index in [-0.39, 0.29) is 0 Å². The molecule has 27 heavy (non-hydrogen) atoms. The summed E-state index contributed by atoms with van der Waals surface area (Å²) in [6, 6.07) is 10.3. The number of nitrogen functional groups attached to an aromatic ring is 1. The molecule has 0 fully saturated rings. The van der Waals surface area contributed by atoms with E-state index in [1.165, 1.54) is 0 Å². The lowest BCUT2D eigenvalue weighted by atomic mass is 10.2. The topological polar surface area (TPSA) is 171 Å². The highest BCUT2D eigenvalue weighted by Crippen LogP contribution is 2.21. The molecule has 0 bridgehead atoms. The fourth-order valence-corrected chi connectivity index (χ4v) is 2.26. The normalized spacial score (nSPS) is 10.2. The molecule has 0 saturated carbocycles. The molecule has 0 saturated heterocycles. The maximum atomic E-state index is 10.5. The van der Waals surface area contributed by atoms with Gasteiger partial charge < -0.3 is 20.8 Å². The number of hydrogen-bond donors (Lipinski definition) is 5. The van der Waals surface area contributed by atoms with Gasteiger partial charge in [-0.3, -0.25) is 14.8 Å². The molecule has 0 aliphatic rings. The summed E-state index contributed by atoms with van der Waals surface area (Å²) in [5, 5.41) is 8.31. The fourth-order valence-electron chi connectivity index (χ4n) is 2.26. The van der Waals surface area contributed by atoms with Gasteiger partial charge in [0.05, 0.1) is 11.0 Å². The first-order chi connectivity index (χ1) is 12.9. The Labute approximate surface area is 150 Å². The maximum absolute atomic E-state index is 10.5. The van der Waals surface area contributed by atoms with Gasteiger partial charge in [0, 0.05) is 29.7 Å². The Morgan fingerprint density at radius 1 is 1.00 bits per heavy atom. The van der Waals surface area contributed by atoms with Crippen LogP contribution in [0.5, 0.6) is 0 Å². The lowest BCUT2D eigenvalue weighted by Gasteiger charge is -1.92. The Kier molecular flexibility index (Phi) is 4.79. The van der Waals surface area contributed by atoms with Crippen LogP contribution in [0.1, 0.15) is 10.5 Å². The third-order valence-electron chi connectivity index (χ3n) is 3.45. The van der Waals surface area contributed by atoms with Crippen LogP contribution in [0.25, 0.3) is 22.4 Å². The third-order valence-corrected chi connectivity index (χ3v) is 3.45. The molecule has 0 amide bonds. The molecule has 4 rings (SSSR count). The van der Waals surface area contributed by atoms with Gasteiger partial charge in [0.15, 0.2) is 0 Å². The number of carbonyl (C=O) groups is 1. The van der Waals surface area contributed by atoms with Crippen LogP contribution >= 0.6 is 0 Å². The summed E-state index contributed by atoms with van der Waals surface area (Å²) in [6.07, 6.45) is 3.49. The van der Waals surface area contributed by atoms with E-state index in [0.717, 1.165) is 34.2 Å². The van der Waals surface area contributed by atoms with Crippen molar-refractivity contribution in [1.82, 2.24) is 24.9 Å². The molecule has 0 aliphatic heterocycles. The predicted molar refractivity (Wildman–Crippen MR) is 98.4 cm³/mol. The Morgan fingerprint density at radius 3 is 2.41 bits per heavy atom. The van der Waals surface area contributed by atoms with Crippen LogP contribution in [-0.4, -0.2) is 36.0 Å². The molecule has 10 nitrogen and oxygen atoms in total. The number of nitrogens with zero attached hydrogens (tertiary/aromatic N) is 2. The van der Waals surface area contributed by atoms with Gasteiger partial charge in [-0.1, -0.05) is 0 Å². The SMILES string of the molecule is Nc1ccc2nc(-c3ccncc3)[nH]c2c1.O=C(O)c1cc(=O)[nH]c(=O)[nH]1.